The summed E-state index contributed by atoms with van der Waals surface area (Å²) in [4.78, 5) is 20.7. The number of thiophene rings is 1. The lowest BCUT2D eigenvalue weighted by Gasteiger charge is -2.35. The molecule has 5 heteroatoms. The van der Waals surface area contributed by atoms with E-state index in [-0.39, 0.29) is 0 Å². The van der Waals surface area contributed by atoms with Gasteiger partial charge in [-0.2, -0.15) is 0 Å². The molecule has 4 nitrogen and oxygen atoms in total. The largest absolute Gasteiger partial charge is 0.337 e. The summed E-state index contributed by atoms with van der Waals surface area (Å²) >= 11 is 1.82. The fourth-order valence-electron chi connectivity index (χ4n) is 3.02. The smallest absolute Gasteiger partial charge is 0.237 e. The predicted molar refractivity (Wildman–Crippen MR) is 82.0 cm³/mol. The van der Waals surface area contributed by atoms with Crippen molar-refractivity contribution in [3.63, 3.8) is 0 Å². The maximum atomic E-state index is 12.4. The van der Waals surface area contributed by atoms with E-state index < -0.39 is 0 Å². The van der Waals surface area contributed by atoms with E-state index in [0.717, 1.165) is 52.2 Å². The standard InChI is InChI=1S/C15H23N3OS/c1-2-16-6-8-17(9-7-16)12-15(19)18-5-3-14-13(11-18)4-10-20-14/h4,10H,2-3,5-9,11-12H2,1H3. The van der Waals surface area contributed by atoms with E-state index in [9.17, 15) is 4.79 Å². The Morgan fingerprint density at radius 1 is 1.20 bits per heavy atom. The highest BCUT2D eigenvalue weighted by molar-refractivity contribution is 7.10. The number of likely N-dealkylation sites (N-methyl/N-ethyl adjacent to an activating group) is 1. The number of amides is 1. The van der Waals surface area contributed by atoms with Gasteiger partial charge in [-0.15, -0.1) is 11.3 Å². The normalized spacial score (nSPS) is 20.9. The van der Waals surface area contributed by atoms with Crippen LogP contribution in [0.25, 0.3) is 0 Å². The quantitative estimate of drug-likeness (QED) is 0.840. The van der Waals surface area contributed by atoms with Crippen molar-refractivity contribution in [2.24, 2.45) is 0 Å². The van der Waals surface area contributed by atoms with Crippen molar-refractivity contribution < 1.29 is 4.79 Å². The Balaban J connectivity index is 1.51. The first kappa shape index (κ1) is 14.0. The molecule has 0 aliphatic carbocycles. The van der Waals surface area contributed by atoms with Crippen molar-refractivity contribution in [3.05, 3.63) is 21.9 Å². The van der Waals surface area contributed by atoms with Crippen molar-refractivity contribution in [1.82, 2.24) is 14.7 Å². The fraction of sp³-hybridized carbons (Fsp3) is 0.667. The molecule has 2 aliphatic heterocycles. The minimum absolute atomic E-state index is 0.298. The molecule has 20 heavy (non-hydrogen) atoms. The predicted octanol–water partition coefficient (Wildman–Crippen LogP) is 1.27. The molecule has 110 valence electrons. The number of carbonyl (C=O) groups excluding carboxylic acids is 1. The molecule has 0 atom stereocenters. The van der Waals surface area contributed by atoms with Crippen LogP contribution >= 0.6 is 11.3 Å². The monoisotopic (exact) mass is 293 g/mol. The molecule has 3 rings (SSSR count). The molecule has 0 bridgehead atoms. The number of rotatable bonds is 3. The lowest BCUT2D eigenvalue weighted by atomic mass is 10.1. The van der Waals surface area contributed by atoms with Gasteiger partial charge in [0.25, 0.3) is 0 Å². The van der Waals surface area contributed by atoms with Gasteiger partial charge in [-0.25, -0.2) is 0 Å². The van der Waals surface area contributed by atoms with Gasteiger partial charge >= 0.3 is 0 Å². The number of piperazine rings is 1. The summed E-state index contributed by atoms with van der Waals surface area (Å²) in [6.45, 7) is 9.86. The van der Waals surface area contributed by atoms with E-state index in [4.69, 9.17) is 0 Å². The highest BCUT2D eigenvalue weighted by atomic mass is 32.1. The average molecular weight is 293 g/mol. The Kier molecular flexibility index (Phi) is 4.38. The van der Waals surface area contributed by atoms with Gasteiger partial charge in [-0.05, 0) is 30.0 Å². The number of fused-ring (bicyclic) bond motifs is 1. The molecule has 0 radical (unpaired) electrons. The van der Waals surface area contributed by atoms with Gasteiger partial charge < -0.3 is 9.80 Å². The zero-order valence-corrected chi connectivity index (χ0v) is 13.0. The van der Waals surface area contributed by atoms with Crippen LogP contribution in [0, 0.1) is 0 Å². The first-order chi connectivity index (χ1) is 9.76. The third-order valence-corrected chi connectivity index (χ3v) is 5.45. The van der Waals surface area contributed by atoms with Crippen LogP contribution in [0.3, 0.4) is 0 Å². The Hall–Kier alpha value is -0.910. The van der Waals surface area contributed by atoms with E-state index in [1.165, 1.54) is 10.4 Å². The number of carbonyl (C=O) groups is 1. The minimum Gasteiger partial charge on any atom is -0.337 e. The van der Waals surface area contributed by atoms with Crippen LogP contribution in [-0.2, 0) is 17.8 Å². The average Bonchev–Trinajstić information content (AvgIpc) is 2.95. The van der Waals surface area contributed by atoms with Crippen LogP contribution in [0.4, 0.5) is 0 Å². The molecule has 1 fully saturated rings. The Bertz CT molecular complexity index is 465. The second-order valence-corrected chi connectivity index (χ2v) is 6.65. The molecule has 1 aromatic heterocycles. The van der Waals surface area contributed by atoms with Gasteiger partial charge in [-0.3, -0.25) is 9.69 Å². The second-order valence-electron chi connectivity index (χ2n) is 5.64. The summed E-state index contributed by atoms with van der Waals surface area (Å²) < 4.78 is 0. The van der Waals surface area contributed by atoms with Crippen LogP contribution in [0.15, 0.2) is 11.4 Å². The topological polar surface area (TPSA) is 26.8 Å². The van der Waals surface area contributed by atoms with Crippen LogP contribution in [0.2, 0.25) is 0 Å². The van der Waals surface area contributed by atoms with Crippen LogP contribution < -0.4 is 0 Å². The molecule has 3 heterocycles. The van der Waals surface area contributed by atoms with Gasteiger partial charge in [0.15, 0.2) is 0 Å². The van der Waals surface area contributed by atoms with E-state index in [1.54, 1.807) is 0 Å². The van der Waals surface area contributed by atoms with Gasteiger partial charge in [-0.1, -0.05) is 6.92 Å². The minimum atomic E-state index is 0.298. The molecular formula is C15H23N3OS. The maximum Gasteiger partial charge on any atom is 0.237 e. The van der Waals surface area contributed by atoms with Crippen LogP contribution in [0.5, 0.6) is 0 Å². The van der Waals surface area contributed by atoms with Crippen molar-refractivity contribution >= 4 is 17.2 Å². The van der Waals surface area contributed by atoms with Crippen molar-refractivity contribution in [2.75, 3.05) is 45.8 Å². The molecule has 1 aromatic rings. The molecular weight excluding hydrogens is 270 g/mol. The molecule has 0 N–H and O–H groups in total. The fourth-order valence-corrected chi connectivity index (χ4v) is 3.91. The van der Waals surface area contributed by atoms with Crippen LogP contribution in [-0.4, -0.2) is 66.4 Å². The molecule has 0 spiro atoms. The molecule has 0 saturated carbocycles. The molecule has 0 unspecified atom stereocenters. The first-order valence-corrected chi connectivity index (χ1v) is 8.42. The Morgan fingerprint density at radius 2 is 1.95 bits per heavy atom. The number of hydrogen-bond donors (Lipinski definition) is 0. The third kappa shape index (κ3) is 3.05. The van der Waals surface area contributed by atoms with E-state index >= 15 is 0 Å². The lowest BCUT2D eigenvalue weighted by molar-refractivity contribution is -0.133. The molecule has 1 saturated heterocycles. The first-order valence-electron chi connectivity index (χ1n) is 7.54. The third-order valence-electron chi connectivity index (χ3n) is 4.43. The van der Waals surface area contributed by atoms with E-state index in [0.29, 0.717) is 12.5 Å². The van der Waals surface area contributed by atoms with Crippen molar-refractivity contribution in [2.45, 2.75) is 19.9 Å². The highest BCUT2D eigenvalue weighted by Gasteiger charge is 2.24. The number of hydrogen-bond acceptors (Lipinski definition) is 4. The van der Waals surface area contributed by atoms with Crippen molar-refractivity contribution in [1.29, 1.82) is 0 Å². The summed E-state index contributed by atoms with van der Waals surface area (Å²) in [6, 6.07) is 2.17. The molecule has 2 aliphatic rings. The lowest BCUT2D eigenvalue weighted by Crippen LogP contribution is -2.50. The zero-order valence-electron chi connectivity index (χ0n) is 12.2. The summed E-state index contributed by atoms with van der Waals surface area (Å²) in [5.74, 6) is 0.298. The summed E-state index contributed by atoms with van der Waals surface area (Å²) in [5, 5.41) is 2.14. The van der Waals surface area contributed by atoms with E-state index in [1.807, 2.05) is 16.2 Å². The van der Waals surface area contributed by atoms with Gasteiger partial charge in [0.05, 0.1) is 6.54 Å². The SMILES string of the molecule is CCN1CCN(CC(=O)N2CCc3sccc3C2)CC1. The Labute approximate surface area is 125 Å². The summed E-state index contributed by atoms with van der Waals surface area (Å²) in [6.07, 6.45) is 1.03. The zero-order chi connectivity index (χ0) is 13.9. The van der Waals surface area contributed by atoms with Gasteiger partial charge in [0, 0.05) is 44.1 Å². The van der Waals surface area contributed by atoms with Gasteiger partial charge in [0.2, 0.25) is 5.91 Å². The molecule has 1 amide bonds. The summed E-state index contributed by atoms with van der Waals surface area (Å²) in [5.41, 5.74) is 1.35. The Morgan fingerprint density at radius 3 is 2.70 bits per heavy atom. The maximum absolute atomic E-state index is 12.4. The van der Waals surface area contributed by atoms with Crippen molar-refractivity contribution in [3.8, 4) is 0 Å². The highest BCUT2D eigenvalue weighted by Crippen LogP contribution is 2.24. The summed E-state index contributed by atoms with van der Waals surface area (Å²) in [7, 11) is 0. The number of nitrogens with zero attached hydrogens (tertiary/aromatic N) is 3. The van der Waals surface area contributed by atoms with Crippen LogP contribution in [0.1, 0.15) is 17.4 Å². The van der Waals surface area contributed by atoms with E-state index in [2.05, 4.69) is 28.2 Å². The second kappa shape index (κ2) is 6.24. The van der Waals surface area contributed by atoms with Gasteiger partial charge in [0.1, 0.15) is 0 Å². The molecule has 0 aromatic carbocycles.